The Kier molecular flexibility index (Phi) is 9.01. The smallest absolute Gasteiger partial charge is 0.0575 e. The van der Waals surface area contributed by atoms with Gasteiger partial charge in [0.15, 0.2) is 0 Å². The highest BCUT2D eigenvalue weighted by Crippen LogP contribution is 2.48. The fourth-order valence-corrected chi connectivity index (χ4v) is 6.64. The molecule has 0 aromatic heterocycles. The molecule has 3 aliphatic carbocycles. The molecule has 158 valence electrons. The Labute approximate surface area is 170 Å². The molecule has 0 saturated heterocycles. The normalized spacial score (nSPS) is 36.0. The van der Waals surface area contributed by atoms with Crippen LogP contribution in [0.1, 0.15) is 129 Å². The molecule has 3 saturated carbocycles. The topological polar surface area (TPSA) is 9.23 Å². The first-order chi connectivity index (χ1) is 13.2. The molecule has 0 aromatic carbocycles. The van der Waals surface area contributed by atoms with Crippen molar-refractivity contribution in [1.29, 1.82) is 0 Å². The third-order valence-corrected chi connectivity index (χ3v) is 8.58. The molecular weight excluding hydrogens is 328 g/mol. The van der Waals surface area contributed by atoms with Crippen molar-refractivity contribution in [2.75, 3.05) is 6.61 Å². The second-order valence-electron chi connectivity index (χ2n) is 10.6. The number of hydrogen-bond acceptors (Lipinski definition) is 1. The summed E-state index contributed by atoms with van der Waals surface area (Å²) in [6.07, 6.45) is 26.5. The summed E-state index contributed by atoms with van der Waals surface area (Å²) in [6, 6.07) is 0. The highest BCUT2D eigenvalue weighted by atomic mass is 16.5. The van der Waals surface area contributed by atoms with E-state index < -0.39 is 0 Å². The van der Waals surface area contributed by atoms with Crippen molar-refractivity contribution >= 4 is 0 Å². The van der Waals surface area contributed by atoms with Gasteiger partial charge in [-0.15, -0.1) is 0 Å². The molecule has 0 aromatic rings. The van der Waals surface area contributed by atoms with Crippen LogP contribution in [0.2, 0.25) is 0 Å². The molecule has 0 radical (unpaired) electrons. The largest absolute Gasteiger partial charge is 0.378 e. The highest BCUT2D eigenvalue weighted by Gasteiger charge is 2.38. The first-order valence-corrected chi connectivity index (χ1v) is 12.9. The Morgan fingerprint density at radius 1 is 0.741 bits per heavy atom. The van der Waals surface area contributed by atoms with Crippen LogP contribution in [-0.4, -0.2) is 12.7 Å². The minimum Gasteiger partial charge on any atom is -0.378 e. The Balaban J connectivity index is 1.46. The number of rotatable bonds is 9. The zero-order valence-electron chi connectivity index (χ0n) is 18.7. The number of ether oxygens (including phenoxy) is 1. The van der Waals surface area contributed by atoms with E-state index in [2.05, 4.69) is 13.8 Å². The van der Waals surface area contributed by atoms with Gasteiger partial charge < -0.3 is 4.74 Å². The van der Waals surface area contributed by atoms with Crippen LogP contribution >= 0.6 is 0 Å². The molecule has 0 atom stereocenters. The van der Waals surface area contributed by atoms with Crippen LogP contribution in [0.4, 0.5) is 0 Å². The second kappa shape index (κ2) is 11.2. The third kappa shape index (κ3) is 6.48. The van der Waals surface area contributed by atoms with E-state index >= 15 is 0 Å². The van der Waals surface area contributed by atoms with Gasteiger partial charge in [-0.2, -0.15) is 0 Å². The van der Waals surface area contributed by atoms with E-state index in [4.69, 9.17) is 4.74 Å². The average molecular weight is 377 g/mol. The van der Waals surface area contributed by atoms with E-state index in [0.29, 0.717) is 11.5 Å². The van der Waals surface area contributed by atoms with Gasteiger partial charge in [0.25, 0.3) is 0 Å². The predicted molar refractivity (Wildman–Crippen MR) is 117 cm³/mol. The summed E-state index contributed by atoms with van der Waals surface area (Å²) in [6.45, 7) is 5.77. The van der Waals surface area contributed by atoms with Crippen LogP contribution in [0.15, 0.2) is 0 Å². The van der Waals surface area contributed by atoms with Crippen LogP contribution in [0, 0.1) is 23.2 Å². The lowest BCUT2D eigenvalue weighted by molar-refractivity contribution is -0.0565. The van der Waals surface area contributed by atoms with Gasteiger partial charge >= 0.3 is 0 Å². The van der Waals surface area contributed by atoms with Gasteiger partial charge in [-0.25, -0.2) is 0 Å². The number of unbranched alkanes of at least 4 members (excludes halogenated alkanes) is 1. The highest BCUT2D eigenvalue weighted by molar-refractivity contribution is 4.89. The number of hydrogen-bond donors (Lipinski definition) is 0. The van der Waals surface area contributed by atoms with Crippen molar-refractivity contribution < 1.29 is 4.74 Å². The lowest BCUT2D eigenvalue weighted by Gasteiger charge is -2.44. The van der Waals surface area contributed by atoms with Crippen LogP contribution in [0.5, 0.6) is 0 Å². The SMILES string of the molecule is CCCCC1(COC2CCC(CCC)CC2)CCC(C2CCCCC2)CC1. The molecule has 1 heteroatoms. The molecule has 3 rings (SSSR count). The molecule has 0 aliphatic heterocycles. The van der Waals surface area contributed by atoms with E-state index in [1.54, 1.807) is 0 Å². The summed E-state index contributed by atoms with van der Waals surface area (Å²) >= 11 is 0. The van der Waals surface area contributed by atoms with Gasteiger partial charge in [-0.1, -0.05) is 71.6 Å². The zero-order chi connectivity index (χ0) is 19.0. The van der Waals surface area contributed by atoms with Crippen molar-refractivity contribution in [3.63, 3.8) is 0 Å². The quantitative estimate of drug-likeness (QED) is 0.393. The van der Waals surface area contributed by atoms with E-state index in [1.165, 1.54) is 116 Å². The maximum absolute atomic E-state index is 6.63. The van der Waals surface area contributed by atoms with Crippen LogP contribution in [-0.2, 0) is 4.74 Å². The maximum Gasteiger partial charge on any atom is 0.0575 e. The standard InChI is InChI=1S/C26H48O/c1-3-5-18-26(21-27-25-14-12-22(9-4-2)13-15-25)19-16-24(17-20-26)23-10-7-6-8-11-23/h22-25H,3-21H2,1-2H3. The van der Waals surface area contributed by atoms with E-state index in [0.717, 1.165) is 24.4 Å². The van der Waals surface area contributed by atoms with E-state index in [-0.39, 0.29) is 0 Å². The van der Waals surface area contributed by atoms with Crippen molar-refractivity contribution in [1.82, 2.24) is 0 Å². The summed E-state index contributed by atoms with van der Waals surface area (Å²) < 4.78 is 6.63. The van der Waals surface area contributed by atoms with Gasteiger partial charge in [-0.05, 0) is 81.0 Å². The van der Waals surface area contributed by atoms with Gasteiger partial charge in [0.05, 0.1) is 12.7 Å². The maximum atomic E-state index is 6.63. The monoisotopic (exact) mass is 376 g/mol. The summed E-state index contributed by atoms with van der Waals surface area (Å²) in [5.74, 6) is 3.11. The first kappa shape index (κ1) is 21.7. The van der Waals surface area contributed by atoms with Gasteiger partial charge in [0.1, 0.15) is 0 Å². The fourth-order valence-electron chi connectivity index (χ4n) is 6.64. The second-order valence-corrected chi connectivity index (χ2v) is 10.6. The first-order valence-electron chi connectivity index (χ1n) is 12.9. The van der Waals surface area contributed by atoms with Crippen molar-refractivity contribution in [3.05, 3.63) is 0 Å². The molecule has 1 nitrogen and oxygen atoms in total. The molecule has 0 spiro atoms. The van der Waals surface area contributed by atoms with Crippen LogP contribution < -0.4 is 0 Å². The molecule has 3 aliphatic rings. The molecule has 27 heavy (non-hydrogen) atoms. The van der Waals surface area contributed by atoms with Gasteiger partial charge in [0, 0.05) is 0 Å². The van der Waals surface area contributed by atoms with Crippen LogP contribution in [0.25, 0.3) is 0 Å². The molecule has 0 amide bonds. The molecule has 0 bridgehead atoms. The minimum absolute atomic E-state index is 0.529. The Morgan fingerprint density at radius 3 is 2.04 bits per heavy atom. The summed E-state index contributed by atoms with van der Waals surface area (Å²) in [5.41, 5.74) is 0.529. The predicted octanol–water partition coefficient (Wildman–Crippen LogP) is 8.31. The minimum atomic E-state index is 0.529. The van der Waals surface area contributed by atoms with Gasteiger partial charge in [0.2, 0.25) is 0 Å². The Morgan fingerprint density at radius 2 is 1.41 bits per heavy atom. The molecule has 0 unspecified atom stereocenters. The Bertz CT molecular complexity index is 381. The summed E-state index contributed by atoms with van der Waals surface area (Å²) in [7, 11) is 0. The molecular formula is C26H48O. The summed E-state index contributed by atoms with van der Waals surface area (Å²) in [5, 5.41) is 0. The van der Waals surface area contributed by atoms with Crippen molar-refractivity contribution in [2.45, 2.75) is 136 Å². The molecule has 0 heterocycles. The van der Waals surface area contributed by atoms with Crippen molar-refractivity contribution in [3.8, 4) is 0 Å². The molecule has 0 N–H and O–H groups in total. The van der Waals surface area contributed by atoms with E-state index in [9.17, 15) is 0 Å². The van der Waals surface area contributed by atoms with Crippen LogP contribution in [0.3, 0.4) is 0 Å². The lowest BCUT2D eigenvalue weighted by Crippen LogP contribution is -2.36. The lowest BCUT2D eigenvalue weighted by atomic mass is 9.64. The van der Waals surface area contributed by atoms with Gasteiger partial charge in [-0.3, -0.25) is 0 Å². The van der Waals surface area contributed by atoms with Crippen molar-refractivity contribution in [2.24, 2.45) is 23.2 Å². The molecule has 3 fully saturated rings. The van der Waals surface area contributed by atoms with E-state index in [1.807, 2.05) is 0 Å². The fraction of sp³-hybridized carbons (Fsp3) is 1.00. The Hall–Kier alpha value is -0.0400. The average Bonchev–Trinajstić information content (AvgIpc) is 2.73. The third-order valence-electron chi connectivity index (χ3n) is 8.58. The zero-order valence-corrected chi connectivity index (χ0v) is 18.7. The summed E-state index contributed by atoms with van der Waals surface area (Å²) in [4.78, 5) is 0.